The molecule has 6 nitrogen and oxygen atoms in total. The normalized spacial score (nSPS) is 31.3. The molecule has 1 aliphatic heterocycles. The van der Waals surface area contributed by atoms with Crippen LogP contribution in [0.4, 0.5) is 10.1 Å². The average molecular weight is 341 g/mol. The van der Waals surface area contributed by atoms with Crippen LogP contribution in [0.3, 0.4) is 0 Å². The molecule has 3 heterocycles. The summed E-state index contributed by atoms with van der Waals surface area (Å²) >= 11 is 0. The van der Waals surface area contributed by atoms with Gasteiger partial charge in [-0.15, -0.1) is 0 Å². The Hall–Kier alpha value is -2.38. The first-order valence-corrected chi connectivity index (χ1v) is 8.48. The molecule has 130 valence electrons. The molecule has 7 heteroatoms. The summed E-state index contributed by atoms with van der Waals surface area (Å²) < 4.78 is 14.6. The van der Waals surface area contributed by atoms with Crippen LogP contribution in [-0.4, -0.2) is 34.1 Å². The largest absolute Gasteiger partial charge is 0.323 e. The molecule has 0 radical (unpaired) electrons. The predicted octanol–water partition coefficient (Wildman–Crippen LogP) is 1.79. The van der Waals surface area contributed by atoms with Crippen molar-refractivity contribution in [2.45, 2.75) is 37.0 Å². The topological polar surface area (TPSA) is 78.9 Å². The van der Waals surface area contributed by atoms with E-state index in [1.165, 1.54) is 0 Å². The summed E-state index contributed by atoms with van der Waals surface area (Å²) in [6.45, 7) is 0. The number of carbonyl (C=O) groups is 1. The zero-order valence-corrected chi connectivity index (χ0v) is 13.6. The van der Waals surface area contributed by atoms with Crippen LogP contribution in [0.1, 0.15) is 24.3 Å². The van der Waals surface area contributed by atoms with Crippen LogP contribution in [0.5, 0.6) is 0 Å². The Morgan fingerprint density at radius 1 is 1.12 bits per heavy atom. The molecule has 4 rings (SSSR count). The minimum absolute atomic E-state index is 0.0221. The molecular weight excluding hydrogens is 321 g/mol. The van der Waals surface area contributed by atoms with E-state index >= 15 is 0 Å². The predicted molar refractivity (Wildman–Crippen MR) is 91.3 cm³/mol. The number of rotatable bonds is 3. The average Bonchev–Trinajstić information content (AvgIpc) is 3.05. The highest BCUT2D eigenvalue weighted by molar-refractivity contribution is 5.95. The lowest BCUT2D eigenvalue weighted by molar-refractivity contribution is -0.119. The van der Waals surface area contributed by atoms with Gasteiger partial charge in [0.05, 0.1) is 11.9 Å². The Morgan fingerprint density at radius 3 is 2.64 bits per heavy atom. The van der Waals surface area contributed by atoms with Gasteiger partial charge in [-0.2, -0.15) is 0 Å². The lowest BCUT2D eigenvalue weighted by Gasteiger charge is -2.35. The first-order chi connectivity index (χ1) is 12.2. The first kappa shape index (κ1) is 16.1. The van der Waals surface area contributed by atoms with Crippen LogP contribution >= 0.6 is 0 Å². The van der Waals surface area contributed by atoms with Gasteiger partial charge in [0.15, 0.2) is 0 Å². The molecule has 2 fully saturated rings. The van der Waals surface area contributed by atoms with Crippen LogP contribution in [-0.2, 0) is 4.79 Å². The molecule has 0 spiro atoms. The van der Waals surface area contributed by atoms with Crippen molar-refractivity contribution < 1.29 is 9.18 Å². The number of pyridine rings is 2. The van der Waals surface area contributed by atoms with Crippen LogP contribution in [0.2, 0.25) is 0 Å². The van der Waals surface area contributed by atoms with Gasteiger partial charge < -0.3 is 5.32 Å². The van der Waals surface area contributed by atoms with Crippen molar-refractivity contribution in [2.24, 2.45) is 5.92 Å². The van der Waals surface area contributed by atoms with E-state index in [-0.39, 0.29) is 23.8 Å². The summed E-state index contributed by atoms with van der Waals surface area (Å²) in [5.41, 5.74) is 7.69. The maximum atomic E-state index is 14.6. The number of alkyl halides is 1. The van der Waals surface area contributed by atoms with Gasteiger partial charge in [0.2, 0.25) is 5.91 Å². The quantitative estimate of drug-likeness (QED) is 0.793. The Morgan fingerprint density at radius 2 is 1.92 bits per heavy atom. The molecule has 3 N–H and O–H groups in total. The lowest BCUT2D eigenvalue weighted by atomic mass is 9.72. The number of hydrogen-bond acceptors (Lipinski definition) is 5. The molecular formula is C18H20FN5O. The highest BCUT2D eigenvalue weighted by atomic mass is 19.1. The second kappa shape index (κ2) is 6.85. The molecule has 1 saturated carbocycles. The van der Waals surface area contributed by atoms with E-state index in [2.05, 4.69) is 26.1 Å². The van der Waals surface area contributed by atoms with Crippen molar-refractivity contribution >= 4 is 11.6 Å². The third kappa shape index (κ3) is 3.25. The zero-order valence-electron chi connectivity index (χ0n) is 13.6. The minimum atomic E-state index is -0.945. The fourth-order valence-corrected chi connectivity index (χ4v) is 3.88. The van der Waals surface area contributed by atoms with E-state index in [0.717, 1.165) is 5.56 Å². The number of fused-ring (bicyclic) bond motifs is 1. The van der Waals surface area contributed by atoms with Crippen LogP contribution in [0.25, 0.3) is 0 Å². The van der Waals surface area contributed by atoms with E-state index in [0.29, 0.717) is 18.5 Å². The van der Waals surface area contributed by atoms with Gasteiger partial charge in [-0.1, -0.05) is 6.07 Å². The number of carbonyl (C=O) groups excluding carboxylic acids is 1. The SMILES string of the molecule is O=C(Nc1cccnc1)C1NNC2CC(F)C(c3cccnc3)CC21. The number of anilines is 1. The van der Waals surface area contributed by atoms with E-state index in [1.807, 2.05) is 12.1 Å². The molecule has 5 unspecified atom stereocenters. The third-order valence-electron chi connectivity index (χ3n) is 5.14. The monoisotopic (exact) mass is 341 g/mol. The first-order valence-electron chi connectivity index (χ1n) is 8.48. The van der Waals surface area contributed by atoms with E-state index in [1.54, 1.807) is 36.9 Å². The van der Waals surface area contributed by atoms with Crippen molar-refractivity contribution in [1.29, 1.82) is 0 Å². The number of amides is 1. The van der Waals surface area contributed by atoms with Crippen LogP contribution in [0, 0.1) is 5.92 Å². The lowest BCUT2D eigenvalue weighted by Crippen LogP contribution is -2.43. The van der Waals surface area contributed by atoms with E-state index in [4.69, 9.17) is 0 Å². The zero-order chi connectivity index (χ0) is 17.2. The molecule has 1 aliphatic carbocycles. The fourth-order valence-electron chi connectivity index (χ4n) is 3.88. The second-order valence-electron chi connectivity index (χ2n) is 6.65. The van der Waals surface area contributed by atoms with Crippen molar-refractivity contribution in [2.75, 3.05) is 5.32 Å². The standard InChI is InChI=1S/C18H20FN5O/c19-15-8-16-14(7-13(15)11-3-1-5-20-9-11)17(24-23-16)18(25)22-12-4-2-6-21-10-12/h1-6,9-10,13-17,23-24H,7-8H2,(H,22,25). The Balaban J connectivity index is 1.50. The summed E-state index contributed by atoms with van der Waals surface area (Å²) in [7, 11) is 0. The van der Waals surface area contributed by atoms with E-state index < -0.39 is 12.2 Å². The van der Waals surface area contributed by atoms with Gasteiger partial charge in [0, 0.05) is 36.5 Å². The van der Waals surface area contributed by atoms with Crippen molar-refractivity contribution in [3.05, 3.63) is 54.6 Å². The summed E-state index contributed by atoms with van der Waals surface area (Å²) in [6.07, 6.45) is 6.70. The van der Waals surface area contributed by atoms with Gasteiger partial charge in [-0.3, -0.25) is 20.2 Å². The maximum Gasteiger partial charge on any atom is 0.243 e. The van der Waals surface area contributed by atoms with Gasteiger partial charge >= 0.3 is 0 Å². The number of nitrogens with one attached hydrogen (secondary N) is 3. The molecule has 2 aromatic rings. The second-order valence-corrected chi connectivity index (χ2v) is 6.65. The number of hydrazine groups is 1. The highest BCUT2D eigenvalue weighted by Gasteiger charge is 2.47. The molecule has 0 aromatic carbocycles. The van der Waals surface area contributed by atoms with Gasteiger partial charge in [-0.05, 0) is 36.6 Å². The Bertz CT molecular complexity index is 729. The molecule has 1 amide bonds. The summed E-state index contributed by atoms with van der Waals surface area (Å²) in [5.74, 6) is -0.338. The number of hydrogen-bond donors (Lipinski definition) is 3. The summed E-state index contributed by atoms with van der Waals surface area (Å²) in [4.78, 5) is 20.8. The smallest absolute Gasteiger partial charge is 0.243 e. The fraction of sp³-hybridized carbons (Fsp3) is 0.389. The minimum Gasteiger partial charge on any atom is -0.323 e. The number of aromatic nitrogens is 2. The third-order valence-corrected chi connectivity index (χ3v) is 5.14. The van der Waals surface area contributed by atoms with Crippen LogP contribution < -0.4 is 16.2 Å². The highest BCUT2D eigenvalue weighted by Crippen LogP contribution is 2.41. The maximum absolute atomic E-state index is 14.6. The molecule has 2 aromatic heterocycles. The van der Waals surface area contributed by atoms with Gasteiger partial charge in [-0.25, -0.2) is 9.82 Å². The molecule has 2 aliphatic rings. The molecule has 1 saturated heterocycles. The Kier molecular flexibility index (Phi) is 4.42. The summed E-state index contributed by atoms with van der Waals surface area (Å²) in [6, 6.07) is 6.84. The molecule has 5 atom stereocenters. The van der Waals surface area contributed by atoms with Gasteiger partial charge in [0.1, 0.15) is 12.2 Å². The summed E-state index contributed by atoms with van der Waals surface area (Å²) in [5, 5.41) is 2.87. The van der Waals surface area contributed by atoms with Crippen LogP contribution in [0.15, 0.2) is 49.1 Å². The Labute approximate surface area is 145 Å². The number of halogens is 1. The molecule has 25 heavy (non-hydrogen) atoms. The van der Waals surface area contributed by atoms with Crippen molar-refractivity contribution in [3.63, 3.8) is 0 Å². The molecule has 0 bridgehead atoms. The van der Waals surface area contributed by atoms with Crippen molar-refractivity contribution in [1.82, 2.24) is 20.8 Å². The van der Waals surface area contributed by atoms with Gasteiger partial charge in [0.25, 0.3) is 0 Å². The van der Waals surface area contributed by atoms with E-state index in [9.17, 15) is 9.18 Å². The van der Waals surface area contributed by atoms with Crippen molar-refractivity contribution in [3.8, 4) is 0 Å². The number of nitrogens with zero attached hydrogens (tertiary/aromatic N) is 2.